The molecule has 1 aliphatic rings. The molecule has 1 heterocycles. The fourth-order valence-corrected chi connectivity index (χ4v) is 3.35. The van der Waals surface area contributed by atoms with Gasteiger partial charge in [0.05, 0.1) is 7.11 Å². The second-order valence-corrected chi connectivity index (χ2v) is 6.31. The summed E-state index contributed by atoms with van der Waals surface area (Å²) in [6.45, 7) is 1.77. The van der Waals surface area contributed by atoms with Gasteiger partial charge in [-0.3, -0.25) is 4.79 Å². The van der Waals surface area contributed by atoms with Crippen LogP contribution in [0.4, 0.5) is 0 Å². The molecule has 0 aliphatic carbocycles. The Labute approximate surface area is 135 Å². The molecule has 1 saturated heterocycles. The molecule has 0 aromatic heterocycles. The zero-order valence-electron chi connectivity index (χ0n) is 12.7. The van der Waals surface area contributed by atoms with E-state index in [1.807, 2.05) is 30.1 Å². The van der Waals surface area contributed by atoms with Crippen LogP contribution in [-0.4, -0.2) is 44.1 Å². The van der Waals surface area contributed by atoms with Gasteiger partial charge in [0, 0.05) is 30.0 Å². The molecule has 5 heteroatoms. The molecule has 0 radical (unpaired) electrons. The van der Waals surface area contributed by atoms with E-state index in [0.717, 1.165) is 41.7 Å². The standard InChI is InChI=1S/C16H23BrN2O2/c1-18-11-14-4-3-9-19(14)16(20)8-5-12-10-13(17)6-7-15(12)21-2/h6-7,10,14,18H,3-5,8-9,11H2,1-2H3/t14-/m1/s1. The molecule has 116 valence electrons. The van der Waals surface area contributed by atoms with Crippen LogP contribution in [0, 0.1) is 0 Å². The Kier molecular flexibility index (Phi) is 6.06. The molecule has 0 unspecified atom stereocenters. The Morgan fingerprint density at radius 3 is 3.05 bits per heavy atom. The van der Waals surface area contributed by atoms with Crippen LogP contribution >= 0.6 is 15.9 Å². The van der Waals surface area contributed by atoms with Crippen LogP contribution in [0.3, 0.4) is 0 Å². The van der Waals surface area contributed by atoms with Gasteiger partial charge >= 0.3 is 0 Å². The molecule has 1 atom stereocenters. The first-order chi connectivity index (χ1) is 10.2. The Bertz CT molecular complexity index is 493. The van der Waals surface area contributed by atoms with Crippen molar-refractivity contribution in [1.29, 1.82) is 0 Å². The minimum Gasteiger partial charge on any atom is -0.496 e. The van der Waals surface area contributed by atoms with E-state index in [1.165, 1.54) is 0 Å². The third kappa shape index (κ3) is 4.20. The van der Waals surface area contributed by atoms with Crippen molar-refractivity contribution in [3.05, 3.63) is 28.2 Å². The summed E-state index contributed by atoms with van der Waals surface area (Å²) in [4.78, 5) is 14.5. The number of hydrogen-bond acceptors (Lipinski definition) is 3. The van der Waals surface area contributed by atoms with Crippen LogP contribution in [0.1, 0.15) is 24.8 Å². The Morgan fingerprint density at radius 2 is 2.33 bits per heavy atom. The molecule has 1 fully saturated rings. The molecule has 21 heavy (non-hydrogen) atoms. The maximum Gasteiger partial charge on any atom is 0.223 e. The SMILES string of the molecule is CNC[C@H]1CCCN1C(=O)CCc1cc(Br)ccc1OC. The summed E-state index contributed by atoms with van der Waals surface area (Å²) in [6.07, 6.45) is 3.46. The van der Waals surface area contributed by atoms with Crippen LogP contribution in [0.5, 0.6) is 5.75 Å². The van der Waals surface area contributed by atoms with Crippen molar-refractivity contribution >= 4 is 21.8 Å². The predicted octanol–water partition coefficient (Wildman–Crippen LogP) is 2.60. The lowest BCUT2D eigenvalue weighted by Gasteiger charge is -2.24. The number of methoxy groups -OCH3 is 1. The van der Waals surface area contributed by atoms with E-state index in [9.17, 15) is 4.79 Å². The van der Waals surface area contributed by atoms with Crippen LogP contribution in [0.15, 0.2) is 22.7 Å². The summed E-state index contributed by atoms with van der Waals surface area (Å²) in [5, 5.41) is 3.17. The largest absolute Gasteiger partial charge is 0.496 e. The number of carbonyl (C=O) groups excluding carboxylic acids is 1. The van der Waals surface area contributed by atoms with Gasteiger partial charge in [-0.05, 0) is 50.1 Å². The van der Waals surface area contributed by atoms with Crippen LogP contribution in [0.2, 0.25) is 0 Å². The van der Waals surface area contributed by atoms with Gasteiger partial charge in [0.1, 0.15) is 5.75 Å². The summed E-state index contributed by atoms with van der Waals surface area (Å²) < 4.78 is 6.38. The maximum absolute atomic E-state index is 12.4. The van der Waals surface area contributed by atoms with Crippen molar-refractivity contribution in [3.8, 4) is 5.75 Å². The van der Waals surface area contributed by atoms with E-state index < -0.39 is 0 Å². The number of halogens is 1. The number of likely N-dealkylation sites (N-methyl/N-ethyl adjacent to an activating group) is 1. The maximum atomic E-state index is 12.4. The lowest BCUT2D eigenvalue weighted by molar-refractivity contribution is -0.131. The summed E-state index contributed by atoms with van der Waals surface area (Å²) in [6, 6.07) is 6.27. The minimum absolute atomic E-state index is 0.245. The van der Waals surface area contributed by atoms with Crippen molar-refractivity contribution in [2.45, 2.75) is 31.7 Å². The van der Waals surface area contributed by atoms with Gasteiger partial charge in [0.2, 0.25) is 5.91 Å². The number of hydrogen-bond donors (Lipinski definition) is 1. The highest BCUT2D eigenvalue weighted by molar-refractivity contribution is 9.10. The predicted molar refractivity (Wildman–Crippen MR) is 87.7 cm³/mol. The highest BCUT2D eigenvalue weighted by Crippen LogP contribution is 2.25. The fourth-order valence-electron chi connectivity index (χ4n) is 2.94. The van der Waals surface area contributed by atoms with Gasteiger partial charge in [0.15, 0.2) is 0 Å². The number of benzene rings is 1. The molecule has 0 saturated carbocycles. The summed E-state index contributed by atoms with van der Waals surface area (Å²) in [5.74, 6) is 1.09. The quantitative estimate of drug-likeness (QED) is 0.853. The van der Waals surface area contributed by atoms with E-state index in [-0.39, 0.29) is 5.91 Å². The molecule has 2 rings (SSSR count). The first-order valence-electron chi connectivity index (χ1n) is 7.42. The van der Waals surface area contributed by atoms with Gasteiger partial charge in [-0.2, -0.15) is 0 Å². The number of aryl methyl sites for hydroxylation is 1. The van der Waals surface area contributed by atoms with Crippen molar-refractivity contribution < 1.29 is 9.53 Å². The third-order valence-electron chi connectivity index (χ3n) is 3.99. The number of rotatable bonds is 6. The zero-order valence-corrected chi connectivity index (χ0v) is 14.3. The summed E-state index contributed by atoms with van der Waals surface area (Å²) >= 11 is 3.47. The zero-order chi connectivity index (χ0) is 15.2. The Morgan fingerprint density at radius 1 is 1.52 bits per heavy atom. The Balaban J connectivity index is 1.96. The minimum atomic E-state index is 0.245. The molecule has 1 N–H and O–H groups in total. The van der Waals surface area contributed by atoms with Crippen LogP contribution in [-0.2, 0) is 11.2 Å². The van der Waals surface area contributed by atoms with Gasteiger partial charge in [-0.15, -0.1) is 0 Å². The van der Waals surface area contributed by atoms with E-state index in [4.69, 9.17) is 4.74 Å². The monoisotopic (exact) mass is 354 g/mol. The first kappa shape index (κ1) is 16.3. The first-order valence-corrected chi connectivity index (χ1v) is 8.21. The fraction of sp³-hybridized carbons (Fsp3) is 0.562. The molecule has 1 amide bonds. The number of amides is 1. The lowest BCUT2D eigenvalue weighted by atomic mass is 10.1. The molecule has 0 bridgehead atoms. The van der Waals surface area contributed by atoms with Crippen molar-refractivity contribution in [2.75, 3.05) is 27.2 Å². The van der Waals surface area contributed by atoms with Crippen molar-refractivity contribution in [2.24, 2.45) is 0 Å². The van der Waals surface area contributed by atoms with E-state index in [2.05, 4.69) is 21.2 Å². The smallest absolute Gasteiger partial charge is 0.223 e. The Hall–Kier alpha value is -1.07. The number of nitrogens with one attached hydrogen (secondary N) is 1. The van der Waals surface area contributed by atoms with Gasteiger partial charge < -0.3 is 15.0 Å². The number of nitrogens with zero attached hydrogens (tertiary/aromatic N) is 1. The summed E-state index contributed by atoms with van der Waals surface area (Å²) in [7, 11) is 3.60. The van der Waals surface area contributed by atoms with Gasteiger partial charge in [-0.25, -0.2) is 0 Å². The molecular weight excluding hydrogens is 332 g/mol. The number of carbonyl (C=O) groups is 1. The third-order valence-corrected chi connectivity index (χ3v) is 4.48. The molecular formula is C16H23BrN2O2. The van der Waals surface area contributed by atoms with Gasteiger partial charge in [0.25, 0.3) is 0 Å². The molecule has 1 aromatic rings. The second kappa shape index (κ2) is 7.80. The van der Waals surface area contributed by atoms with Crippen molar-refractivity contribution in [3.63, 3.8) is 0 Å². The number of ether oxygens (including phenoxy) is 1. The average Bonchev–Trinajstić information content (AvgIpc) is 2.93. The second-order valence-electron chi connectivity index (χ2n) is 5.40. The van der Waals surface area contributed by atoms with Crippen LogP contribution < -0.4 is 10.1 Å². The molecule has 1 aliphatic heterocycles. The molecule has 1 aromatic carbocycles. The van der Waals surface area contributed by atoms with E-state index in [0.29, 0.717) is 18.9 Å². The average molecular weight is 355 g/mol. The lowest BCUT2D eigenvalue weighted by Crippen LogP contribution is -2.40. The van der Waals surface area contributed by atoms with Gasteiger partial charge in [-0.1, -0.05) is 15.9 Å². The topological polar surface area (TPSA) is 41.6 Å². The summed E-state index contributed by atoms with van der Waals surface area (Å²) in [5.41, 5.74) is 1.07. The van der Waals surface area contributed by atoms with E-state index >= 15 is 0 Å². The van der Waals surface area contributed by atoms with E-state index in [1.54, 1.807) is 7.11 Å². The molecule has 4 nitrogen and oxygen atoms in total. The number of likely N-dealkylation sites (tertiary alicyclic amines) is 1. The molecule has 0 spiro atoms. The normalized spacial score (nSPS) is 18.0. The van der Waals surface area contributed by atoms with Crippen LogP contribution in [0.25, 0.3) is 0 Å². The highest BCUT2D eigenvalue weighted by atomic mass is 79.9. The highest BCUT2D eigenvalue weighted by Gasteiger charge is 2.27. The van der Waals surface area contributed by atoms with Crippen molar-refractivity contribution in [1.82, 2.24) is 10.2 Å².